The van der Waals surface area contributed by atoms with Crippen LogP contribution in [0.2, 0.25) is 0 Å². The summed E-state index contributed by atoms with van der Waals surface area (Å²) in [5.74, 6) is 0. The third-order valence-corrected chi connectivity index (χ3v) is 5.78. The average molecular weight is 437 g/mol. The summed E-state index contributed by atoms with van der Waals surface area (Å²) >= 11 is 0. The van der Waals surface area contributed by atoms with Crippen LogP contribution in [0.4, 0.5) is 0 Å². The molecule has 0 N–H and O–H groups in total. The molecule has 3 aromatic carbocycles. The number of nitrogens with zero attached hydrogens (tertiary/aromatic N) is 4. The lowest BCUT2D eigenvalue weighted by Crippen LogP contribution is -2.40. The number of imidazole rings is 1. The Hall–Kier alpha value is -4.19. The quantitative estimate of drug-likeness (QED) is 0.417. The molecule has 2 aromatic heterocycles. The second-order valence-corrected chi connectivity index (χ2v) is 8.37. The number of rotatable bonds is 5. The Bertz CT molecular complexity index is 1580. The largest absolute Gasteiger partial charge is 0.337 e. The van der Waals surface area contributed by atoms with Gasteiger partial charge in [-0.3, -0.25) is 9.36 Å². The molecule has 0 aliphatic carbocycles. The molecule has 0 atom stereocenters. The maximum Gasteiger partial charge on any atom is 0.337 e. The Morgan fingerprint density at radius 1 is 0.758 bits per heavy atom. The van der Waals surface area contributed by atoms with Crippen LogP contribution in [0.15, 0.2) is 94.8 Å². The Morgan fingerprint density at radius 3 is 2.18 bits per heavy atom. The van der Waals surface area contributed by atoms with Gasteiger partial charge in [0.1, 0.15) is 0 Å². The van der Waals surface area contributed by atoms with Crippen molar-refractivity contribution in [1.82, 2.24) is 18.7 Å². The molecule has 0 fully saturated rings. The van der Waals surface area contributed by atoms with Crippen LogP contribution in [0.1, 0.15) is 22.3 Å². The molecule has 0 spiro atoms. The van der Waals surface area contributed by atoms with Crippen molar-refractivity contribution in [3.05, 3.63) is 128 Å². The number of hydrogen-bond donors (Lipinski definition) is 0. The summed E-state index contributed by atoms with van der Waals surface area (Å²) in [7, 11) is 0. The molecule has 0 amide bonds. The van der Waals surface area contributed by atoms with E-state index >= 15 is 0 Å². The van der Waals surface area contributed by atoms with Crippen LogP contribution < -0.4 is 11.2 Å². The number of aromatic nitrogens is 4. The first-order valence-corrected chi connectivity index (χ1v) is 10.9. The molecular weight excluding hydrogens is 412 g/mol. The fourth-order valence-electron chi connectivity index (χ4n) is 4.21. The van der Waals surface area contributed by atoms with E-state index in [0.29, 0.717) is 23.4 Å². The second-order valence-electron chi connectivity index (χ2n) is 8.37. The van der Waals surface area contributed by atoms with Gasteiger partial charge in [-0.15, -0.1) is 0 Å². The molecule has 33 heavy (non-hydrogen) atoms. The molecule has 6 nitrogen and oxygen atoms in total. The van der Waals surface area contributed by atoms with Crippen LogP contribution >= 0.6 is 0 Å². The molecule has 5 rings (SSSR count). The normalized spacial score (nSPS) is 11.2. The Labute approximate surface area is 191 Å². The van der Waals surface area contributed by atoms with Crippen LogP contribution in [0.3, 0.4) is 0 Å². The van der Waals surface area contributed by atoms with Gasteiger partial charge in [0.25, 0.3) is 5.56 Å². The van der Waals surface area contributed by atoms with Gasteiger partial charge < -0.3 is 4.57 Å². The van der Waals surface area contributed by atoms with E-state index in [-0.39, 0.29) is 12.1 Å². The van der Waals surface area contributed by atoms with Gasteiger partial charge >= 0.3 is 5.69 Å². The third-order valence-electron chi connectivity index (χ3n) is 5.78. The average Bonchev–Trinajstić information content (AvgIpc) is 3.21. The van der Waals surface area contributed by atoms with E-state index in [9.17, 15) is 9.59 Å². The van der Waals surface area contributed by atoms with Gasteiger partial charge in [-0.2, -0.15) is 0 Å². The van der Waals surface area contributed by atoms with Crippen molar-refractivity contribution in [1.29, 1.82) is 0 Å². The predicted octanol–water partition coefficient (Wildman–Crippen LogP) is 4.06. The van der Waals surface area contributed by atoms with Crippen molar-refractivity contribution in [3.63, 3.8) is 0 Å². The van der Waals surface area contributed by atoms with Crippen molar-refractivity contribution in [2.75, 3.05) is 0 Å². The molecule has 0 saturated carbocycles. The van der Waals surface area contributed by atoms with Gasteiger partial charge in [0, 0.05) is 6.54 Å². The van der Waals surface area contributed by atoms with Crippen LogP contribution in [0.25, 0.3) is 16.9 Å². The van der Waals surface area contributed by atoms with E-state index in [1.54, 1.807) is 10.9 Å². The minimum Gasteiger partial charge on any atom is -0.320 e. The van der Waals surface area contributed by atoms with E-state index in [0.717, 1.165) is 22.3 Å². The SMILES string of the molecule is Cc1cccc(Cn2cnc3c2c(=O)n(Cc2ccccc2)c(=O)n3-c2cccc(C)c2)c1. The fraction of sp³-hybridized carbons (Fsp3) is 0.148. The molecule has 5 aromatic rings. The van der Waals surface area contributed by atoms with Crippen LogP contribution in [-0.4, -0.2) is 18.7 Å². The fourth-order valence-corrected chi connectivity index (χ4v) is 4.21. The third kappa shape index (κ3) is 3.91. The molecule has 164 valence electrons. The van der Waals surface area contributed by atoms with Crippen LogP contribution in [0, 0.1) is 13.8 Å². The zero-order valence-electron chi connectivity index (χ0n) is 18.6. The highest BCUT2D eigenvalue weighted by atomic mass is 16.2. The smallest absolute Gasteiger partial charge is 0.320 e. The lowest BCUT2D eigenvalue weighted by atomic mass is 10.1. The van der Waals surface area contributed by atoms with E-state index in [1.165, 1.54) is 4.57 Å². The zero-order valence-corrected chi connectivity index (χ0v) is 18.6. The van der Waals surface area contributed by atoms with Crippen molar-refractivity contribution in [2.45, 2.75) is 26.9 Å². The van der Waals surface area contributed by atoms with Gasteiger partial charge in [-0.1, -0.05) is 72.3 Å². The molecule has 6 heteroatoms. The molecule has 0 unspecified atom stereocenters. The minimum atomic E-state index is -0.400. The predicted molar refractivity (Wildman–Crippen MR) is 130 cm³/mol. The van der Waals surface area contributed by atoms with Gasteiger partial charge in [0.15, 0.2) is 11.2 Å². The topological polar surface area (TPSA) is 61.8 Å². The van der Waals surface area contributed by atoms with Crippen molar-refractivity contribution < 1.29 is 0 Å². The number of benzene rings is 3. The standard InChI is InChI=1S/C27H24N4O2/c1-19-8-6-12-22(14-19)16-29-18-28-25-24(29)26(32)30(17-21-10-4-3-5-11-21)27(33)31(25)23-13-7-9-20(2)15-23/h3-15,18H,16-17H2,1-2H3. The Balaban J connectivity index is 1.77. The van der Waals surface area contributed by atoms with E-state index in [4.69, 9.17) is 0 Å². The highest BCUT2D eigenvalue weighted by Crippen LogP contribution is 2.16. The summed E-state index contributed by atoms with van der Waals surface area (Å²) in [5.41, 5.74) is 4.85. The number of hydrogen-bond acceptors (Lipinski definition) is 3. The number of aryl methyl sites for hydroxylation is 2. The first-order chi connectivity index (χ1) is 16.0. The summed E-state index contributed by atoms with van der Waals surface area (Å²) in [6, 6.07) is 25.4. The maximum absolute atomic E-state index is 13.6. The maximum atomic E-state index is 13.6. The molecule has 0 radical (unpaired) electrons. The monoisotopic (exact) mass is 436 g/mol. The molecule has 2 heterocycles. The van der Waals surface area contributed by atoms with Crippen molar-refractivity contribution in [3.8, 4) is 5.69 Å². The minimum absolute atomic E-state index is 0.190. The molecular formula is C27H24N4O2. The number of fused-ring (bicyclic) bond motifs is 1. The summed E-state index contributed by atoms with van der Waals surface area (Å²) < 4.78 is 4.67. The van der Waals surface area contributed by atoms with Gasteiger partial charge in [0.2, 0.25) is 0 Å². The Kier molecular flexibility index (Phi) is 5.26. The Morgan fingerprint density at radius 2 is 1.45 bits per heavy atom. The highest BCUT2D eigenvalue weighted by Gasteiger charge is 2.19. The molecule has 0 aliphatic heterocycles. The van der Waals surface area contributed by atoms with Gasteiger partial charge in [0.05, 0.1) is 18.6 Å². The van der Waals surface area contributed by atoms with Crippen LogP contribution in [-0.2, 0) is 13.1 Å². The van der Waals surface area contributed by atoms with E-state index in [2.05, 4.69) is 11.1 Å². The van der Waals surface area contributed by atoms with Gasteiger partial charge in [-0.25, -0.2) is 14.3 Å². The zero-order chi connectivity index (χ0) is 22.9. The first kappa shape index (κ1) is 20.7. The summed E-state index contributed by atoms with van der Waals surface area (Å²) in [4.78, 5) is 31.8. The van der Waals surface area contributed by atoms with Crippen molar-refractivity contribution in [2.24, 2.45) is 0 Å². The molecule has 0 bridgehead atoms. The summed E-state index contributed by atoms with van der Waals surface area (Å²) in [6.07, 6.45) is 1.65. The highest BCUT2D eigenvalue weighted by molar-refractivity contribution is 5.72. The van der Waals surface area contributed by atoms with E-state index in [1.807, 2.05) is 91.2 Å². The lowest BCUT2D eigenvalue weighted by molar-refractivity contribution is 0.677. The second kappa shape index (κ2) is 8.39. The summed E-state index contributed by atoms with van der Waals surface area (Å²) in [6.45, 7) is 4.69. The van der Waals surface area contributed by atoms with Crippen LogP contribution in [0.5, 0.6) is 0 Å². The first-order valence-electron chi connectivity index (χ1n) is 10.9. The summed E-state index contributed by atoms with van der Waals surface area (Å²) in [5, 5.41) is 0. The van der Waals surface area contributed by atoms with Gasteiger partial charge in [-0.05, 0) is 42.7 Å². The molecule has 0 aliphatic rings. The lowest BCUT2D eigenvalue weighted by Gasteiger charge is -2.13. The molecule has 0 saturated heterocycles. The van der Waals surface area contributed by atoms with Crippen molar-refractivity contribution >= 4 is 11.2 Å². The van der Waals surface area contributed by atoms with E-state index < -0.39 is 5.69 Å².